The van der Waals surface area contributed by atoms with Crippen molar-refractivity contribution < 1.29 is 17.9 Å². The normalized spacial score (nSPS) is 17.0. The van der Waals surface area contributed by atoms with Crippen LogP contribution in [0.4, 0.5) is 5.69 Å². The third-order valence-corrected chi connectivity index (χ3v) is 6.81. The average molecular weight is 451 g/mol. The lowest BCUT2D eigenvalue weighted by Crippen LogP contribution is -2.41. The lowest BCUT2D eigenvalue weighted by atomic mass is 9.89. The molecule has 1 amide bonds. The Morgan fingerprint density at radius 3 is 2.31 bits per heavy atom. The predicted molar refractivity (Wildman–Crippen MR) is 124 cm³/mol. The van der Waals surface area contributed by atoms with Crippen molar-refractivity contribution in [2.45, 2.75) is 43.7 Å². The van der Waals surface area contributed by atoms with Crippen molar-refractivity contribution in [1.29, 1.82) is 0 Å². The number of benzene rings is 3. The first-order chi connectivity index (χ1) is 15.1. The van der Waals surface area contributed by atoms with Crippen molar-refractivity contribution in [3.8, 4) is 5.75 Å². The molecule has 0 spiro atoms. The van der Waals surface area contributed by atoms with Gasteiger partial charge in [-0.2, -0.15) is 0 Å². The van der Waals surface area contributed by atoms with Crippen molar-refractivity contribution in [2.75, 3.05) is 4.72 Å². The number of nitrogens with one attached hydrogen (secondary N) is 2. The van der Waals surface area contributed by atoms with E-state index in [0.717, 1.165) is 16.9 Å². The molecule has 1 heterocycles. The molecule has 0 radical (unpaired) electrons. The van der Waals surface area contributed by atoms with Gasteiger partial charge < -0.3 is 10.1 Å². The Balaban J connectivity index is 1.47. The molecule has 0 fully saturated rings. The van der Waals surface area contributed by atoms with Gasteiger partial charge in [0.25, 0.3) is 15.9 Å². The Morgan fingerprint density at radius 2 is 1.62 bits per heavy atom. The number of hydrogen-bond acceptors (Lipinski definition) is 4. The number of ether oxygens (including phenoxy) is 1. The highest BCUT2D eigenvalue weighted by Crippen LogP contribution is 2.39. The van der Waals surface area contributed by atoms with Crippen molar-refractivity contribution in [1.82, 2.24) is 5.32 Å². The molecule has 6 nitrogen and oxygen atoms in total. The molecule has 0 bridgehead atoms. The van der Waals surface area contributed by atoms with E-state index in [-0.39, 0.29) is 16.8 Å². The summed E-state index contributed by atoms with van der Waals surface area (Å²) in [6.07, 6.45) is 0.643. The highest BCUT2D eigenvalue weighted by Gasteiger charge is 2.34. The first-order valence-corrected chi connectivity index (χ1v) is 11.9. The minimum absolute atomic E-state index is 0.179. The molecule has 1 aliphatic rings. The smallest absolute Gasteiger partial charge is 0.261 e. The van der Waals surface area contributed by atoms with Crippen LogP contribution in [-0.4, -0.2) is 19.9 Å². The number of amides is 1. The van der Waals surface area contributed by atoms with E-state index in [1.54, 1.807) is 48.5 Å². The fourth-order valence-electron chi connectivity index (χ4n) is 3.79. The van der Waals surface area contributed by atoms with Crippen LogP contribution in [-0.2, 0) is 10.0 Å². The molecule has 3 aromatic rings. The number of para-hydroxylation sites is 1. The number of aryl methyl sites for hydroxylation is 1. The van der Waals surface area contributed by atoms with E-state index in [0.29, 0.717) is 17.7 Å². The van der Waals surface area contributed by atoms with Gasteiger partial charge in [0.1, 0.15) is 11.4 Å². The van der Waals surface area contributed by atoms with E-state index in [1.165, 1.54) is 0 Å². The molecule has 4 rings (SSSR count). The summed E-state index contributed by atoms with van der Waals surface area (Å²) in [7, 11) is -3.70. The first-order valence-electron chi connectivity index (χ1n) is 10.4. The van der Waals surface area contributed by atoms with E-state index in [1.807, 2.05) is 45.0 Å². The second kappa shape index (κ2) is 8.31. The average Bonchev–Trinajstić information content (AvgIpc) is 2.73. The predicted octanol–water partition coefficient (Wildman–Crippen LogP) is 4.83. The maximum atomic E-state index is 12.9. The molecule has 0 saturated carbocycles. The van der Waals surface area contributed by atoms with Crippen LogP contribution in [0.5, 0.6) is 5.75 Å². The molecule has 0 aliphatic carbocycles. The summed E-state index contributed by atoms with van der Waals surface area (Å²) in [5.41, 5.74) is 2.37. The molecule has 3 aromatic carbocycles. The van der Waals surface area contributed by atoms with Gasteiger partial charge in [0, 0.05) is 23.2 Å². The second-order valence-electron chi connectivity index (χ2n) is 8.63. The van der Waals surface area contributed by atoms with Gasteiger partial charge in [0.15, 0.2) is 0 Å². The van der Waals surface area contributed by atoms with Crippen molar-refractivity contribution in [2.24, 2.45) is 0 Å². The molecule has 1 atom stereocenters. The van der Waals surface area contributed by atoms with Crippen LogP contribution >= 0.6 is 0 Å². The monoisotopic (exact) mass is 450 g/mol. The zero-order valence-corrected chi connectivity index (χ0v) is 19.1. The lowest BCUT2D eigenvalue weighted by Gasteiger charge is -2.37. The zero-order valence-electron chi connectivity index (χ0n) is 18.3. The Labute approximate surface area is 188 Å². The van der Waals surface area contributed by atoms with Crippen molar-refractivity contribution in [3.05, 3.63) is 89.5 Å². The summed E-state index contributed by atoms with van der Waals surface area (Å²) in [5.74, 6) is 0.547. The molecule has 7 heteroatoms. The quantitative estimate of drug-likeness (QED) is 0.583. The topological polar surface area (TPSA) is 84.5 Å². The number of rotatable bonds is 5. The number of sulfonamides is 1. The van der Waals surface area contributed by atoms with E-state index >= 15 is 0 Å². The third-order valence-electron chi connectivity index (χ3n) is 5.41. The Hall–Kier alpha value is -3.32. The second-order valence-corrected chi connectivity index (χ2v) is 10.3. The molecule has 2 N–H and O–H groups in total. The molecular formula is C25H26N2O4S. The highest BCUT2D eigenvalue weighted by molar-refractivity contribution is 7.92. The van der Waals surface area contributed by atoms with E-state index in [9.17, 15) is 13.2 Å². The maximum absolute atomic E-state index is 12.9. The number of carbonyl (C=O) groups excluding carboxylic acids is 1. The van der Waals surface area contributed by atoms with E-state index in [4.69, 9.17) is 4.74 Å². The number of anilines is 1. The standard InChI is InChI=1S/C25H26N2O4S/c1-17-8-14-20(15-9-17)32(29,30)27-19-12-10-18(11-13-19)24(28)26-22-16-25(2,3)31-23-7-5-4-6-21(22)23/h4-15,22,27H,16H2,1-3H3,(H,26,28)/t22-/m0/s1. The number of fused-ring (bicyclic) bond motifs is 1. The SMILES string of the molecule is Cc1ccc(S(=O)(=O)Nc2ccc(C(=O)N[C@H]3CC(C)(C)Oc4ccccc43)cc2)cc1. The van der Waals surface area contributed by atoms with Crippen LogP contribution < -0.4 is 14.8 Å². The van der Waals surface area contributed by atoms with E-state index in [2.05, 4.69) is 10.0 Å². The van der Waals surface area contributed by atoms with Crippen LogP contribution in [0, 0.1) is 6.92 Å². The summed E-state index contributed by atoms with van der Waals surface area (Å²) in [6.45, 7) is 5.89. The molecule has 0 unspecified atom stereocenters. The summed E-state index contributed by atoms with van der Waals surface area (Å²) in [4.78, 5) is 13.1. The third kappa shape index (κ3) is 4.78. The van der Waals surface area contributed by atoms with Gasteiger partial charge in [0.2, 0.25) is 0 Å². The Bertz CT molecular complexity index is 1230. The number of hydrogen-bond donors (Lipinski definition) is 2. The van der Waals surface area contributed by atoms with Crippen LogP contribution in [0.2, 0.25) is 0 Å². The Kier molecular flexibility index (Phi) is 5.69. The summed E-state index contributed by atoms with van der Waals surface area (Å²) >= 11 is 0. The van der Waals surface area contributed by atoms with Gasteiger partial charge in [-0.3, -0.25) is 9.52 Å². The van der Waals surface area contributed by atoms with Gasteiger partial charge in [-0.1, -0.05) is 35.9 Å². The largest absolute Gasteiger partial charge is 0.487 e. The molecule has 32 heavy (non-hydrogen) atoms. The van der Waals surface area contributed by atoms with Gasteiger partial charge in [0.05, 0.1) is 10.9 Å². The van der Waals surface area contributed by atoms with Crippen LogP contribution in [0.1, 0.15) is 47.8 Å². The summed E-state index contributed by atoms with van der Waals surface area (Å²) in [5, 5.41) is 3.09. The van der Waals surface area contributed by atoms with Crippen molar-refractivity contribution >= 4 is 21.6 Å². The zero-order chi connectivity index (χ0) is 22.9. The van der Waals surface area contributed by atoms with Gasteiger partial charge in [-0.15, -0.1) is 0 Å². The van der Waals surface area contributed by atoms with Gasteiger partial charge >= 0.3 is 0 Å². The van der Waals surface area contributed by atoms with E-state index < -0.39 is 15.6 Å². The van der Waals surface area contributed by atoms with Crippen LogP contribution in [0.15, 0.2) is 77.7 Å². The molecule has 1 aliphatic heterocycles. The maximum Gasteiger partial charge on any atom is 0.261 e. The van der Waals surface area contributed by atoms with Gasteiger partial charge in [-0.05, 0) is 63.2 Å². The lowest BCUT2D eigenvalue weighted by molar-refractivity contribution is 0.0619. The molecular weight excluding hydrogens is 424 g/mol. The summed E-state index contributed by atoms with van der Waals surface area (Å²) < 4.78 is 33.7. The van der Waals surface area contributed by atoms with Crippen LogP contribution in [0.25, 0.3) is 0 Å². The highest BCUT2D eigenvalue weighted by atomic mass is 32.2. The summed E-state index contributed by atoms with van der Waals surface area (Å²) in [6, 6.07) is 20.5. The minimum Gasteiger partial charge on any atom is -0.487 e. The van der Waals surface area contributed by atoms with Crippen LogP contribution in [0.3, 0.4) is 0 Å². The number of carbonyl (C=O) groups is 1. The fourth-order valence-corrected chi connectivity index (χ4v) is 4.85. The minimum atomic E-state index is -3.70. The molecule has 0 aromatic heterocycles. The van der Waals surface area contributed by atoms with Crippen molar-refractivity contribution in [3.63, 3.8) is 0 Å². The molecule has 166 valence electrons. The Morgan fingerprint density at radius 1 is 0.969 bits per heavy atom. The fraction of sp³-hybridized carbons (Fsp3) is 0.240. The molecule has 0 saturated heterocycles. The first kappa shape index (κ1) is 21.9. The van der Waals surface area contributed by atoms with Gasteiger partial charge in [-0.25, -0.2) is 8.42 Å².